The average Bonchev–Trinajstić information content (AvgIpc) is 2.92. The third kappa shape index (κ3) is 2.63. The van der Waals surface area contributed by atoms with Crippen LogP contribution in [0.4, 0.5) is 0 Å². The van der Waals surface area contributed by atoms with Gasteiger partial charge in [-0.1, -0.05) is 13.8 Å². The fourth-order valence-corrected chi connectivity index (χ4v) is 2.27. The van der Waals surface area contributed by atoms with Crippen LogP contribution in [0.3, 0.4) is 0 Å². The molecular formula is C15H21N3O. The van der Waals surface area contributed by atoms with Gasteiger partial charge >= 0.3 is 0 Å². The number of carbonyl (C=O) groups is 1. The molecule has 102 valence electrons. The Balaban J connectivity index is 2.23. The van der Waals surface area contributed by atoms with Gasteiger partial charge in [0.1, 0.15) is 0 Å². The summed E-state index contributed by atoms with van der Waals surface area (Å²) >= 11 is 0. The summed E-state index contributed by atoms with van der Waals surface area (Å²) in [5.41, 5.74) is 7.22. The molecule has 0 unspecified atom stereocenters. The van der Waals surface area contributed by atoms with E-state index in [1.54, 1.807) is 0 Å². The topological polar surface area (TPSA) is 70.9 Å². The van der Waals surface area contributed by atoms with E-state index in [0.717, 1.165) is 23.7 Å². The third-order valence-electron chi connectivity index (χ3n) is 3.94. The first-order valence-corrected chi connectivity index (χ1v) is 6.74. The van der Waals surface area contributed by atoms with Gasteiger partial charge in [-0.05, 0) is 37.1 Å². The molecule has 2 aromatic rings. The molecule has 0 fully saturated rings. The molecular weight excluding hydrogens is 238 g/mol. The smallest absolute Gasteiger partial charge is 0.251 e. The zero-order chi connectivity index (χ0) is 13.9. The molecule has 0 atom stereocenters. The van der Waals surface area contributed by atoms with Crippen LogP contribution in [0.1, 0.15) is 37.0 Å². The molecule has 0 saturated carbocycles. The zero-order valence-electron chi connectivity index (χ0n) is 11.5. The van der Waals surface area contributed by atoms with Crippen LogP contribution in [0.2, 0.25) is 0 Å². The van der Waals surface area contributed by atoms with Gasteiger partial charge < -0.3 is 16.0 Å². The molecule has 4 heteroatoms. The van der Waals surface area contributed by atoms with Crippen LogP contribution < -0.4 is 11.1 Å². The molecule has 0 saturated heterocycles. The van der Waals surface area contributed by atoms with Crippen molar-refractivity contribution in [2.24, 2.45) is 5.73 Å². The lowest BCUT2D eigenvalue weighted by atomic mass is 9.92. The van der Waals surface area contributed by atoms with Crippen molar-refractivity contribution >= 4 is 16.8 Å². The number of hydrogen-bond acceptors (Lipinski definition) is 2. The van der Waals surface area contributed by atoms with Crippen molar-refractivity contribution in [1.82, 2.24) is 10.3 Å². The van der Waals surface area contributed by atoms with E-state index in [9.17, 15) is 4.79 Å². The summed E-state index contributed by atoms with van der Waals surface area (Å²) in [6.45, 7) is 4.55. The maximum Gasteiger partial charge on any atom is 0.251 e. The largest absolute Gasteiger partial charge is 0.361 e. The number of amides is 1. The number of H-pyrrole nitrogens is 1. The SMILES string of the molecule is CCC(CC)(CN)NC(=O)c1ccc2[nH]ccc2c1. The number of nitrogens with one attached hydrogen (secondary N) is 2. The van der Waals surface area contributed by atoms with Crippen LogP contribution in [-0.2, 0) is 0 Å². The molecule has 0 aliphatic carbocycles. The van der Waals surface area contributed by atoms with Gasteiger partial charge in [0.2, 0.25) is 0 Å². The minimum Gasteiger partial charge on any atom is -0.361 e. The first kappa shape index (κ1) is 13.6. The van der Waals surface area contributed by atoms with E-state index in [2.05, 4.69) is 10.3 Å². The summed E-state index contributed by atoms with van der Waals surface area (Å²) in [4.78, 5) is 15.4. The fourth-order valence-electron chi connectivity index (χ4n) is 2.27. The Morgan fingerprint density at radius 3 is 2.68 bits per heavy atom. The van der Waals surface area contributed by atoms with Crippen molar-refractivity contribution in [3.8, 4) is 0 Å². The second kappa shape index (κ2) is 5.45. The fraction of sp³-hybridized carbons (Fsp3) is 0.400. The van der Waals surface area contributed by atoms with E-state index < -0.39 is 0 Å². The standard InChI is InChI=1S/C15H21N3O/c1-3-15(4-2,10-16)18-14(19)12-5-6-13-11(9-12)7-8-17-13/h5-9,17H,3-4,10,16H2,1-2H3,(H,18,19). The van der Waals surface area contributed by atoms with Gasteiger partial charge in [0, 0.05) is 29.2 Å². The molecule has 0 spiro atoms. The molecule has 4 nitrogen and oxygen atoms in total. The Kier molecular flexibility index (Phi) is 3.90. The quantitative estimate of drug-likeness (QED) is 0.771. The van der Waals surface area contributed by atoms with Crippen molar-refractivity contribution < 1.29 is 4.79 Å². The van der Waals surface area contributed by atoms with E-state index >= 15 is 0 Å². The van der Waals surface area contributed by atoms with Gasteiger partial charge in [0.05, 0.1) is 5.54 Å². The van der Waals surface area contributed by atoms with Crippen LogP contribution in [0.25, 0.3) is 10.9 Å². The molecule has 2 rings (SSSR count). The van der Waals surface area contributed by atoms with Gasteiger partial charge in [-0.3, -0.25) is 4.79 Å². The zero-order valence-corrected chi connectivity index (χ0v) is 11.5. The number of rotatable bonds is 5. The Bertz CT molecular complexity index is 561. The van der Waals surface area contributed by atoms with Crippen LogP contribution in [0, 0.1) is 0 Å². The number of aromatic nitrogens is 1. The Labute approximate surface area is 113 Å². The van der Waals surface area contributed by atoms with Gasteiger partial charge in [0.25, 0.3) is 5.91 Å². The lowest BCUT2D eigenvalue weighted by Gasteiger charge is -2.31. The van der Waals surface area contributed by atoms with E-state index in [-0.39, 0.29) is 11.4 Å². The van der Waals surface area contributed by atoms with Crippen molar-refractivity contribution in [2.75, 3.05) is 6.54 Å². The molecule has 1 aromatic heterocycles. The summed E-state index contributed by atoms with van der Waals surface area (Å²) < 4.78 is 0. The minimum atomic E-state index is -0.301. The number of nitrogens with two attached hydrogens (primary N) is 1. The number of carbonyl (C=O) groups excluding carboxylic acids is 1. The van der Waals surface area contributed by atoms with Crippen molar-refractivity contribution in [1.29, 1.82) is 0 Å². The van der Waals surface area contributed by atoms with Gasteiger partial charge in [-0.25, -0.2) is 0 Å². The van der Waals surface area contributed by atoms with Crippen LogP contribution in [-0.4, -0.2) is 23.0 Å². The maximum absolute atomic E-state index is 12.3. The van der Waals surface area contributed by atoms with Crippen LogP contribution in [0.5, 0.6) is 0 Å². The van der Waals surface area contributed by atoms with Gasteiger partial charge in [-0.15, -0.1) is 0 Å². The Morgan fingerprint density at radius 2 is 2.05 bits per heavy atom. The van der Waals surface area contributed by atoms with Crippen molar-refractivity contribution in [3.05, 3.63) is 36.0 Å². The van der Waals surface area contributed by atoms with Crippen LogP contribution >= 0.6 is 0 Å². The highest BCUT2D eigenvalue weighted by atomic mass is 16.1. The van der Waals surface area contributed by atoms with Gasteiger partial charge in [0.15, 0.2) is 0 Å². The lowest BCUT2D eigenvalue weighted by molar-refractivity contribution is 0.0895. The normalized spacial score (nSPS) is 11.7. The second-order valence-electron chi connectivity index (χ2n) is 4.93. The third-order valence-corrected chi connectivity index (χ3v) is 3.94. The number of fused-ring (bicyclic) bond motifs is 1. The first-order valence-electron chi connectivity index (χ1n) is 6.74. The van der Waals surface area contributed by atoms with Gasteiger partial charge in [-0.2, -0.15) is 0 Å². The molecule has 0 aliphatic rings. The first-order chi connectivity index (χ1) is 9.14. The van der Waals surface area contributed by atoms with E-state index in [1.807, 2.05) is 44.3 Å². The summed E-state index contributed by atoms with van der Waals surface area (Å²) in [7, 11) is 0. The maximum atomic E-state index is 12.3. The molecule has 4 N–H and O–H groups in total. The number of benzene rings is 1. The monoisotopic (exact) mass is 259 g/mol. The Morgan fingerprint density at radius 1 is 1.32 bits per heavy atom. The molecule has 1 heterocycles. The summed E-state index contributed by atoms with van der Waals surface area (Å²) in [6, 6.07) is 7.61. The molecule has 19 heavy (non-hydrogen) atoms. The Hall–Kier alpha value is -1.81. The summed E-state index contributed by atoms with van der Waals surface area (Å²) in [5, 5.41) is 4.12. The van der Waals surface area contributed by atoms with Crippen molar-refractivity contribution in [2.45, 2.75) is 32.2 Å². The molecule has 1 aromatic carbocycles. The molecule has 0 bridgehead atoms. The average molecular weight is 259 g/mol. The predicted molar refractivity (Wildman–Crippen MR) is 78.1 cm³/mol. The minimum absolute atomic E-state index is 0.0581. The van der Waals surface area contributed by atoms with E-state index in [0.29, 0.717) is 12.1 Å². The van der Waals surface area contributed by atoms with Crippen LogP contribution in [0.15, 0.2) is 30.5 Å². The summed E-state index contributed by atoms with van der Waals surface area (Å²) in [5.74, 6) is -0.0581. The highest BCUT2D eigenvalue weighted by Gasteiger charge is 2.26. The number of aromatic amines is 1. The second-order valence-corrected chi connectivity index (χ2v) is 4.93. The highest BCUT2D eigenvalue weighted by molar-refractivity contribution is 5.98. The highest BCUT2D eigenvalue weighted by Crippen LogP contribution is 2.17. The van der Waals surface area contributed by atoms with E-state index in [4.69, 9.17) is 5.73 Å². The lowest BCUT2D eigenvalue weighted by Crippen LogP contribution is -2.52. The van der Waals surface area contributed by atoms with Crippen molar-refractivity contribution in [3.63, 3.8) is 0 Å². The molecule has 1 amide bonds. The molecule has 0 aliphatic heterocycles. The summed E-state index contributed by atoms with van der Waals surface area (Å²) in [6.07, 6.45) is 3.53. The van der Waals surface area contributed by atoms with E-state index in [1.165, 1.54) is 0 Å². The predicted octanol–water partition coefficient (Wildman–Crippen LogP) is 2.42. The number of hydrogen-bond donors (Lipinski definition) is 3. The molecule has 0 radical (unpaired) electrons.